The molecule has 0 radical (unpaired) electrons. The van der Waals surface area contributed by atoms with E-state index >= 15 is 0 Å². The summed E-state index contributed by atoms with van der Waals surface area (Å²) in [5.74, 6) is 0.0830. The molecule has 3 rings (SSSR count). The minimum Gasteiger partial charge on any atom is -0.289 e. The van der Waals surface area contributed by atoms with Crippen molar-refractivity contribution in [3.8, 4) is 0 Å². The minimum atomic E-state index is -1.75. The van der Waals surface area contributed by atoms with Gasteiger partial charge in [0.15, 0.2) is 5.78 Å². The molecule has 0 aliphatic heterocycles. The third-order valence-corrected chi connectivity index (χ3v) is 8.49. The summed E-state index contributed by atoms with van der Waals surface area (Å²) in [6, 6.07) is 26.6. The summed E-state index contributed by atoms with van der Waals surface area (Å²) in [6.45, 7) is 6.93. The summed E-state index contributed by atoms with van der Waals surface area (Å²) in [6.07, 6.45) is 1.06. The molecule has 0 N–H and O–H groups in total. The van der Waals surface area contributed by atoms with Crippen molar-refractivity contribution in [1.82, 2.24) is 0 Å². The molecule has 0 amide bonds. The van der Waals surface area contributed by atoms with Gasteiger partial charge in [0.25, 0.3) is 0 Å². The lowest BCUT2D eigenvalue weighted by atomic mass is 10.0. The van der Waals surface area contributed by atoms with Crippen molar-refractivity contribution in [2.75, 3.05) is 0 Å². The van der Waals surface area contributed by atoms with Crippen molar-refractivity contribution in [2.24, 2.45) is 0 Å². The Kier molecular flexibility index (Phi) is 5.00. The molecular weight excluding hydrogens is 320 g/mol. The molecule has 3 aromatic carbocycles. The molecule has 2 heteroatoms. The van der Waals surface area contributed by atoms with E-state index in [-0.39, 0.29) is 5.78 Å². The van der Waals surface area contributed by atoms with Gasteiger partial charge in [-0.3, -0.25) is 4.79 Å². The first-order valence-corrected chi connectivity index (χ1v) is 11.8. The fourth-order valence-electron chi connectivity index (χ4n) is 3.14. The summed E-state index contributed by atoms with van der Waals surface area (Å²) in [7, 11) is -1.75. The minimum absolute atomic E-state index is 0.0830. The van der Waals surface area contributed by atoms with Crippen LogP contribution in [0, 0.1) is 0 Å². The zero-order chi connectivity index (χ0) is 17.9. The maximum Gasteiger partial charge on any atom is 0.193 e. The molecule has 0 fully saturated rings. The van der Waals surface area contributed by atoms with Crippen molar-refractivity contribution >= 4 is 24.2 Å². The molecule has 0 aliphatic rings. The summed E-state index contributed by atoms with van der Waals surface area (Å²) < 4.78 is 0. The van der Waals surface area contributed by atoms with Crippen LogP contribution in [-0.2, 0) is 6.42 Å². The predicted molar refractivity (Wildman–Crippen MR) is 109 cm³/mol. The average Bonchev–Trinajstić information content (AvgIpc) is 2.68. The summed E-state index contributed by atoms with van der Waals surface area (Å²) >= 11 is 0. The van der Waals surface area contributed by atoms with Crippen molar-refractivity contribution in [2.45, 2.75) is 26.4 Å². The van der Waals surface area contributed by atoms with Gasteiger partial charge in [-0.1, -0.05) is 109 Å². The van der Waals surface area contributed by atoms with E-state index in [9.17, 15) is 4.79 Å². The Morgan fingerprint density at radius 2 is 1.40 bits per heavy atom. The van der Waals surface area contributed by atoms with Gasteiger partial charge in [-0.25, -0.2) is 0 Å². The van der Waals surface area contributed by atoms with Crippen LogP contribution < -0.4 is 10.4 Å². The topological polar surface area (TPSA) is 17.1 Å². The van der Waals surface area contributed by atoms with Crippen LogP contribution in [0.15, 0.2) is 78.9 Å². The monoisotopic (exact) mass is 344 g/mol. The van der Waals surface area contributed by atoms with E-state index in [4.69, 9.17) is 0 Å². The van der Waals surface area contributed by atoms with E-state index < -0.39 is 8.07 Å². The van der Waals surface area contributed by atoms with E-state index in [1.165, 1.54) is 15.9 Å². The molecule has 0 unspecified atom stereocenters. The Bertz CT molecular complexity index is 864. The molecule has 126 valence electrons. The summed E-state index contributed by atoms with van der Waals surface area (Å²) in [5.41, 5.74) is 2.87. The number of hydrogen-bond donors (Lipinski definition) is 0. The van der Waals surface area contributed by atoms with Gasteiger partial charge in [0.05, 0.1) is 0 Å². The second kappa shape index (κ2) is 7.20. The van der Waals surface area contributed by atoms with E-state index in [1.807, 2.05) is 42.5 Å². The molecule has 0 bridgehead atoms. The number of carbonyl (C=O) groups is 1. The van der Waals surface area contributed by atoms with Crippen molar-refractivity contribution in [3.05, 3.63) is 95.6 Å². The van der Waals surface area contributed by atoms with E-state index in [0.29, 0.717) is 0 Å². The standard InChI is InChI=1S/C23H24OSi/c1-4-18-9-8-12-22(17-18)25(2,3)21-15-13-20(14-16-21)23(24)19-10-6-5-7-11-19/h5-17H,4H2,1-3H3. The highest BCUT2D eigenvalue weighted by molar-refractivity contribution is 7.00. The normalized spacial score (nSPS) is 11.3. The molecule has 25 heavy (non-hydrogen) atoms. The van der Waals surface area contributed by atoms with E-state index in [1.54, 1.807) is 0 Å². The van der Waals surface area contributed by atoms with Crippen LogP contribution in [0.4, 0.5) is 0 Å². The van der Waals surface area contributed by atoms with Gasteiger partial charge in [-0.2, -0.15) is 0 Å². The quantitative estimate of drug-likeness (QED) is 0.498. The largest absolute Gasteiger partial charge is 0.289 e. The first-order chi connectivity index (χ1) is 12.0. The Hall–Kier alpha value is -2.45. The van der Waals surface area contributed by atoms with Gasteiger partial charge in [-0.05, 0) is 12.0 Å². The van der Waals surface area contributed by atoms with Crippen LogP contribution in [-0.4, -0.2) is 13.9 Å². The van der Waals surface area contributed by atoms with Crippen LogP contribution in [0.3, 0.4) is 0 Å². The van der Waals surface area contributed by atoms with Crippen molar-refractivity contribution in [3.63, 3.8) is 0 Å². The maximum atomic E-state index is 12.6. The third-order valence-electron chi connectivity index (χ3n) is 4.96. The molecule has 0 aliphatic carbocycles. The number of aryl methyl sites for hydroxylation is 1. The molecule has 0 aromatic heterocycles. The lowest BCUT2D eigenvalue weighted by Gasteiger charge is -2.24. The highest BCUT2D eigenvalue weighted by Crippen LogP contribution is 2.12. The van der Waals surface area contributed by atoms with Gasteiger partial charge in [-0.15, -0.1) is 0 Å². The van der Waals surface area contributed by atoms with Crippen LogP contribution >= 0.6 is 0 Å². The molecule has 3 aromatic rings. The molecule has 0 saturated carbocycles. The zero-order valence-electron chi connectivity index (χ0n) is 15.1. The summed E-state index contributed by atoms with van der Waals surface area (Å²) in [4.78, 5) is 12.6. The maximum absolute atomic E-state index is 12.6. The molecule has 0 heterocycles. The lowest BCUT2D eigenvalue weighted by Crippen LogP contribution is -2.52. The predicted octanol–water partition coefficient (Wildman–Crippen LogP) is 4.30. The Morgan fingerprint density at radius 1 is 0.760 bits per heavy atom. The second-order valence-corrected chi connectivity index (χ2v) is 11.4. The van der Waals surface area contributed by atoms with E-state index in [0.717, 1.165) is 17.5 Å². The first-order valence-electron chi connectivity index (χ1n) is 8.82. The molecule has 0 atom stereocenters. The first kappa shape index (κ1) is 17.4. The Morgan fingerprint density at radius 3 is 2.04 bits per heavy atom. The Balaban J connectivity index is 1.89. The number of ketones is 1. The van der Waals surface area contributed by atoms with Crippen LogP contribution in [0.1, 0.15) is 28.4 Å². The fraction of sp³-hybridized carbons (Fsp3) is 0.174. The van der Waals surface area contributed by atoms with Gasteiger partial charge in [0.2, 0.25) is 0 Å². The Labute approximate surface area is 151 Å². The van der Waals surface area contributed by atoms with Gasteiger partial charge in [0, 0.05) is 11.1 Å². The SMILES string of the molecule is CCc1cccc([Si](C)(C)c2ccc(C(=O)c3ccccc3)cc2)c1. The smallest absolute Gasteiger partial charge is 0.193 e. The van der Waals surface area contributed by atoms with Crippen LogP contribution in [0.2, 0.25) is 13.1 Å². The highest BCUT2D eigenvalue weighted by atomic mass is 28.3. The molecule has 0 spiro atoms. The molecular formula is C23H24OSi. The van der Waals surface area contributed by atoms with Crippen LogP contribution in [0.5, 0.6) is 0 Å². The molecule has 1 nitrogen and oxygen atoms in total. The second-order valence-electron chi connectivity index (χ2n) is 6.95. The van der Waals surface area contributed by atoms with Gasteiger partial charge in [0.1, 0.15) is 8.07 Å². The molecule has 0 saturated heterocycles. The number of benzene rings is 3. The highest BCUT2D eigenvalue weighted by Gasteiger charge is 2.26. The average molecular weight is 345 g/mol. The number of rotatable bonds is 5. The number of hydrogen-bond acceptors (Lipinski definition) is 1. The number of carbonyl (C=O) groups excluding carboxylic acids is 1. The van der Waals surface area contributed by atoms with Gasteiger partial charge < -0.3 is 0 Å². The van der Waals surface area contributed by atoms with Crippen molar-refractivity contribution < 1.29 is 4.79 Å². The fourth-order valence-corrected chi connectivity index (χ4v) is 5.53. The van der Waals surface area contributed by atoms with E-state index in [2.05, 4.69) is 56.4 Å². The van der Waals surface area contributed by atoms with Gasteiger partial charge >= 0.3 is 0 Å². The lowest BCUT2D eigenvalue weighted by molar-refractivity contribution is 0.103. The van der Waals surface area contributed by atoms with Crippen LogP contribution in [0.25, 0.3) is 0 Å². The third kappa shape index (κ3) is 3.64. The van der Waals surface area contributed by atoms with Crippen molar-refractivity contribution in [1.29, 1.82) is 0 Å². The summed E-state index contributed by atoms with van der Waals surface area (Å²) in [5, 5.41) is 2.79. The zero-order valence-corrected chi connectivity index (χ0v) is 16.1.